The fourth-order valence-electron chi connectivity index (χ4n) is 2.00. The highest BCUT2D eigenvalue weighted by molar-refractivity contribution is 7.91. The van der Waals surface area contributed by atoms with Gasteiger partial charge in [0.25, 0.3) is 0 Å². The Labute approximate surface area is 90.4 Å². The topological polar surface area (TPSA) is 50.8 Å². The molecular formula is C11H16NO2S+. The summed E-state index contributed by atoms with van der Waals surface area (Å²) < 4.78 is 22.6. The van der Waals surface area contributed by atoms with Crippen LogP contribution in [0.4, 0.5) is 5.69 Å². The number of quaternary nitrogens is 1. The van der Waals surface area contributed by atoms with Gasteiger partial charge >= 0.3 is 0 Å². The van der Waals surface area contributed by atoms with Crippen molar-refractivity contribution in [2.24, 2.45) is 0 Å². The van der Waals surface area contributed by atoms with Gasteiger partial charge < -0.3 is 5.32 Å². The molecule has 2 N–H and O–H groups in total. The van der Waals surface area contributed by atoms with Crippen molar-refractivity contribution < 1.29 is 13.7 Å². The lowest BCUT2D eigenvalue weighted by molar-refractivity contribution is -0.605. The van der Waals surface area contributed by atoms with Crippen LogP contribution in [0.15, 0.2) is 24.3 Å². The molecule has 0 aromatic heterocycles. The highest BCUT2D eigenvalue weighted by Gasteiger charge is 2.30. The first-order chi connectivity index (χ1) is 7.05. The van der Waals surface area contributed by atoms with Crippen LogP contribution in [-0.4, -0.2) is 26.0 Å². The molecule has 3 nitrogen and oxygen atoms in total. The van der Waals surface area contributed by atoms with Gasteiger partial charge in [0.05, 0.1) is 5.75 Å². The van der Waals surface area contributed by atoms with Crippen molar-refractivity contribution in [3.05, 3.63) is 29.8 Å². The van der Waals surface area contributed by atoms with Crippen molar-refractivity contribution in [1.29, 1.82) is 0 Å². The van der Waals surface area contributed by atoms with E-state index in [-0.39, 0.29) is 6.04 Å². The van der Waals surface area contributed by atoms with Crippen LogP contribution in [0.3, 0.4) is 0 Å². The van der Waals surface area contributed by atoms with Gasteiger partial charge in [0, 0.05) is 12.5 Å². The minimum absolute atomic E-state index is 0.205. The van der Waals surface area contributed by atoms with Gasteiger partial charge in [-0.2, -0.15) is 0 Å². The Kier molecular flexibility index (Phi) is 2.80. The van der Waals surface area contributed by atoms with Crippen molar-refractivity contribution in [2.75, 3.05) is 11.5 Å². The standard InChI is InChI=1S/C11H15NO2S/c1-9-3-2-4-10(7-9)12-11-5-6-15(13,14)8-11/h2-4,7,11-12H,5-6,8H2,1H3/p+1. The van der Waals surface area contributed by atoms with E-state index in [2.05, 4.69) is 11.4 Å². The highest BCUT2D eigenvalue weighted by atomic mass is 32.2. The van der Waals surface area contributed by atoms with E-state index in [1.54, 1.807) is 0 Å². The maximum atomic E-state index is 11.3. The first-order valence-corrected chi connectivity index (χ1v) is 6.99. The van der Waals surface area contributed by atoms with Gasteiger partial charge in [-0.25, -0.2) is 8.42 Å². The third-order valence-corrected chi connectivity index (χ3v) is 4.53. The van der Waals surface area contributed by atoms with E-state index < -0.39 is 9.84 Å². The lowest BCUT2D eigenvalue weighted by atomic mass is 10.2. The SMILES string of the molecule is Cc1cccc([NH2+]C2CCS(=O)(=O)C2)c1. The molecule has 1 atom stereocenters. The molecule has 15 heavy (non-hydrogen) atoms. The first kappa shape index (κ1) is 10.6. The average Bonchev–Trinajstić information content (AvgIpc) is 2.45. The van der Waals surface area contributed by atoms with Crippen molar-refractivity contribution >= 4 is 15.5 Å². The Balaban J connectivity index is 2.05. The Morgan fingerprint density at radius 3 is 2.80 bits per heavy atom. The van der Waals surface area contributed by atoms with Gasteiger partial charge in [-0.15, -0.1) is 0 Å². The molecule has 0 bridgehead atoms. The van der Waals surface area contributed by atoms with Gasteiger partial charge in [0.1, 0.15) is 17.5 Å². The Bertz CT molecular complexity index is 453. The Hall–Kier alpha value is -0.870. The van der Waals surface area contributed by atoms with Crippen LogP contribution in [-0.2, 0) is 9.84 Å². The van der Waals surface area contributed by atoms with Gasteiger partial charge in [-0.3, -0.25) is 0 Å². The van der Waals surface area contributed by atoms with Crippen LogP contribution < -0.4 is 5.32 Å². The molecule has 0 amide bonds. The molecule has 82 valence electrons. The second kappa shape index (κ2) is 3.94. The van der Waals surface area contributed by atoms with Crippen molar-refractivity contribution in [1.82, 2.24) is 0 Å². The summed E-state index contributed by atoms with van der Waals surface area (Å²) >= 11 is 0. The van der Waals surface area contributed by atoms with E-state index in [4.69, 9.17) is 0 Å². The number of benzene rings is 1. The van der Waals surface area contributed by atoms with Crippen LogP contribution in [0.5, 0.6) is 0 Å². The predicted molar refractivity (Wildman–Crippen MR) is 59.8 cm³/mol. The van der Waals surface area contributed by atoms with E-state index in [1.807, 2.05) is 25.1 Å². The number of nitrogens with two attached hydrogens (primary N) is 1. The quantitative estimate of drug-likeness (QED) is 0.741. The lowest BCUT2D eigenvalue weighted by Gasteiger charge is -2.06. The molecule has 0 saturated carbocycles. The summed E-state index contributed by atoms with van der Waals surface area (Å²) in [6, 6.07) is 8.37. The van der Waals surface area contributed by atoms with Crippen LogP contribution >= 0.6 is 0 Å². The second-order valence-corrected chi connectivity index (χ2v) is 6.47. The van der Waals surface area contributed by atoms with E-state index in [1.165, 1.54) is 5.56 Å². The van der Waals surface area contributed by atoms with E-state index in [0.717, 1.165) is 12.1 Å². The zero-order chi connectivity index (χ0) is 10.9. The third kappa shape index (κ3) is 2.79. The zero-order valence-corrected chi connectivity index (χ0v) is 9.63. The first-order valence-electron chi connectivity index (χ1n) is 5.17. The third-order valence-electron chi connectivity index (χ3n) is 2.74. The normalized spacial score (nSPS) is 24.2. The van der Waals surface area contributed by atoms with Gasteiger partial charge in [-0.05, 0) is 18.6 Å². The molecule has 1 fully saturated rings. The lowest BCUT2D eigenvalue weighted by Crippen LogP contribution is -2.85. The summed E-state index contributed by atoms with van der Waals surface area (Å²) in [5.41, 5.74) is 2.35. The van der Waals surface area contributed by atoms with Crippen molar-refractivity contribution in [3.8, 4) is 0 Å². The molecule has 0 aliphatic carbocycles. The smallest absolute Gasteiger partial charge is 0.156 e. The largest absolute Gasteiger partial charge is 0.311 e. The fourth-order valence-corrected chi connectivity index (χ4v) is 3.74. The monoisotopic (exact) mass is 226 g/mol. The molecule has 0 radical (unpaired) electrons. The molecule has 1 saturated heterocycles. The van der Waals surface area contributed by atoms with Gasteiger partial charge in [-0.1, -0.05) is 12.1 Å². The summed E-state index contributed by atoms with van der Waals surface area (Å²) in [6.45, 7) is 2.04. The van der Waals surface area contributed by atoms with Gasteiger partial charge in [0.15, 0.2) is 9.84 Å². The molecular weight excluding hydrogens is 210 g/mol. The summed E-state index contributed by atoms with van der Waals surface area (Å²) in [7, 11) is -2.76. The van der Waals surface area contributed by atoms with Crippen LogP contribution in [0.1, 0.15) is 12.0 Å². The summed E-state index contributed by atoms with van der Waals surface area (Å²) in [6.07, 6.45) is 0.774. The van der Waals surface area contributed by atoms with Gasteiger partial charge in [0.2, 0.25) is 0 Å². The van der Waals surface area contributed by atoms with Crippen molar-refractivity contribution in [2.45, 2.75) is 19.4 Å². The summed E-state index contributed by atoms with van der Waals surface area (Å²) in [5.74, 6) is 0.668. The summed E-state index contributed by atoms with van der Waals surface area (Å²) in [5, 5.41) is 2.08. The number of hydrogen-bond donors (Lipinski definition) is 1. The second-order valence-electron chi connectivity index (χ2n) is 4.24. The Morgan fingerprint density at radius 1 is 1.40 bits per heavy atom. The molecule has 1 unspecified atom stereocenters. The fraction of sp³-hybridized carbons (Fsp3) is 0.455. The minimum Gasteiger partial charge on any atom is -0.311 e. The number of sulfone groups is 1. The van der Waals surface area contributed by atoms with E-state index in [0.29, 0.717) is 11.5 Å². The number of hydrogen-bond acceptors (Lipinski definition) is 2. The molecule has 1 heterocycles. The molecule has 1 aromatic carbocycles. The van der Waals surface area contributed by atoms with Crippen LogP contribution in [0.2, 0.25) is 0 Å². The van der Waals surface area contributed by atoms with E-state index >= 15 is 0 Å². The zero-order valence-electron chi connectivity index (χ0n) is 8.81. The van der Waals surface area contributed by atoms with Crippen LogP contribution in [0.25, 0.3) is 0 Å². The predicted octanol–water partition coefficient (Wildman–Crippen LogP) is 0.377. The maximum absolute atomic E-state index is 11.3. The molecule has 1 aliphatic heterocycles. The molecule has 1 aliphatic rings. The van der Waals surface area contributed by atoms with E-state index in [9.17, 15) is 8.42 Å². The number of aryl methyl sites for hydroxylation is 1. The Morgan fingerprint density at radius 2 is 2.20 bits per heavy atom. The summed E-state index contributed by atoms with van der Waals surface area (Å²) in [4.78, 5) is 0. The highest BCUT2D eigenvalue weighted by Crippen LogP contribution is 2.10. The molecule has 1 aromatic rings. The minimum atomic E-state index is -2.76. The molecule has 4 heteroatoms. The van der Waals surface area contributed by atoms with Crippen LogP contribution in [0, 0.1) is 6.92 Å². The number of rotatable bonds is 2. The van der Waals surface area contributed by atoms with Crippen molar-refractivity contribution in [3.63, 3.8) is 0 Å². The average molecular weight is 226 g/mol. The molecule has 0 spiro atoms. The molecule has 2 rings (SSSR count). The maximum Gasteiger partial charge on any atom is 0.156 e.